The molecule has 1 aromatic heterocycles. The van der Waals surface area contributed by atoms with E-state index in [0.717, 1.165) is 48.4 Å². The number of aromatic nitrogens is 2. The second kappa shape index (κ2) is 5.69. The first-order chi connectivity index (χ1) is 8.20. The molecule has 2 heterocycles. The molecule has 0 radical (unpaired) electrons. The third kappa shape index (κ3) is 3.10. The van der Waals surface area contributed by atoms with E-state index in [1.807, 2.05) is 6.92 Å². The lowest BCUT2D eigenvalue weighted by molar-refractivity contribution is 0.0454. The van der Waals surface area contributed by atoms with E-state index in [-0.39, 0.29) is 0 Å². The predicted octanol–water partition coefficient (Wildman–Crippen LogP) is 2.41. The summed E-state index contributed by atoms with van der Waals surface area (Å²) in [4.78, 5) is 8.97. The third-order valence-electron chi connectivity index (χ3n) is 2.64. The van der Waals surface area contributed by atoms with E-state index < -0.39 is 0 Å². The molecule has 2 rings (SSSR count). The van der Waals surface area contributed by atoms with Crippen LogP contribution in [0.1, 0.15) is 24.7 Å². The highest BCUT2D eigenvalue weighted by Crippen LogP contribution is 2.31. The zero-order valence-corrected chi connectivity index (χ0v) is 11.4. The van der Waals surface area contributed by atoms with Crippen LogP contribution in [0.2, 0.25) is 0 Å². The minimum absolute atomic E-state index is 0.557. The van der Waals surface area contributed by atoms with E-state index in [9.17, 15) is 0 Å². The van der Waals surface area contributed by atoms with Crippen LogP contribution >= 0.6 is 11.8 Å². The van der Waals surface area contributed by atoms with Crippen LogP contribution in [-0.2, 0) is 4.74 Å². The van der Waals surface area contributed by atoms with Crippen molar-refractivity contribution in [2.24, 2.45) is 0 Å². The van der Waals surface area contributed by atoms with E-state index in [2.05, 4.69) is 29.1 Å². The number of rotatable bonds is 5. The Kier molecular flexibility index (Phi) is 4.23. The van der Waals surface area contributed by atoms with Crippen molar-refractivity contribution in [1.29, 1.82) is 0 Å². The van der Waals surface area contributed by atoms with Gasteiger partial charge in [-0.1, -0.05) is 18.7 Å². The lowest BCUT2D eigenvalue weighted by atomic mass is 10.3. The van der Waals surface area contributed by atoms with E-state index in [1.54, 1.807) is 11.8 Å². The minimum Gasteiger partial charge on any atom is -0.379 e. The number of ether oxygens (including phenoxy) is 1. The van der Waals surface area contributed by atoms with Crippen molar-refractivity contribution in [2.45, 2.75) is 37.5 Å². The second-order valence-electron chi connectivity index (χ2n) is 4.25. The minimum atomic E-state index is 0.557. The molecule has 0 atom stereocenters. The van der Waals surface area contributed by atoms with Crippen LogP contribution in [0.25, 0.3) is 0 Å². The Labute approximate surface area is 107 Å². The molecule has 0 spiro atoms. The van der Waals surface area contributed by atoms with Gasteiger partial charge in [0.15, 0.2) is 0 Å². The Hall–Kier alpha value is -0.810. The highest BCUT2D eigenvalue weighted by atomic mass is 32.2. The number of hydrogen-bond donors (Lipinski definition) is 1. The van der Waals surface area contributed by atoms with E-state index in [0.29, 0.717) is 5.25 Å². The first-order valence-electron chi connectivity index (χ1n) is 6.04. The molecule has 1 saturated heterocycles. The van der Waals surface area contributed by atoms with Crippen LogP contribution in [0.4, 0.5) is 5.82 Å². The molecule has 1 aliphatic heterocycles. The Balaban J connectivity index is 2.15. The monoisotopic (exact) mass is 253 g/mol. The predicted molar refractivity (Wildman–Crippen MR) is 70.8 cm³/mol. The fourth-order valence-electron chi connectivity index (χ4n) is 1.57. The normalized spacial score (nSPS) is 15.7. The summed E-state index contributed by atoms with van der Waals surface area (Å²) in [5, 5.41) is 5.00. The molecule has 1 fully saturated rings. The van der Waals surface area contributed by atoms with Crippen LogP contribution in [0.15, 0.2) is 5.03 Å². The van der Waals surface area contributed by atoms with Gasteiger partial charge in [-0.25, -0.2) is 9.97 Å². The van der Waals surface area contributed by atoms with E-state index in [4.69, 9.17) is 4.74 Å². The molecule has 0 saturated carbocycles. The molecule has 94 valence electrons. The summed E-state index contributed by atoms with van der Waals surface area (Å²) in [5.74, 6) is 1.80. The van der Waals surface area contributed by atoms with Crippen LogP contribution in [0, 0.1) is 13.8 Å². The maximum atomic E-state index is 5.19. The lowest BCUT2D eigenvalue weighted by Crippen LogP contribution is -2.30. The molecule has 0 amide bonds. The van der Waals surface area contributed by atoms with Crippen molar-refractivity contribution in [3.8, 4) is 0 Å². The van der Waals surface area contributed by atoms with Gasteiger partial charge in [0.25, 0.3) is 0 Å². The molecule has 0 unspecified atom stereocenters. The first kappa shape index (κ1) is 12.6. The molecular weight excluding hydrogens is 234 g/mol. The van der Waals surface area contributed by atoms with Crippen molar-refractivity contribution in [2.75, 3.05) is 25.1 Å². The van der Waals surface area contributed by atoms with Gasteiger partial charge in [-0.2, -0.15) is 0 Å². The van der Waals surface area contributed by atoms with E-state index >= 15 is 0 Å². The summed E-state index contributed by atoms with van der Waals surface area (Å²) in [6.07, 6.45) is 1.10. The van der Waals surface area contributed by atoms with Crippen molar-refractivity contribution < 1.29 is 4.74 Å². The van der Waals surface area contributed by atoms with Gasteiger partial charge in [-0.3, -0.25) is 0 Å². The fraction of sp³-hybridized carbons (Fsp3) is 0.667. The molecule has 4 nitrogen and oxygen atoms in total. The van der Waals surface area contributed by atoms with Gasteiger partial charge in [0.05, 0.1) is 18.5 Å². The standard InChI is InChI=1S/C12H19N3OS/c1-4-5-13-11-8(2)12(15-9(3)14-11)17-10-6-16-7-10/h10H,4-7H2,1-3H3,(H,13,14,15). The maximum Gasteiger partial charge on any atom is 0.133 e. The lowest BCUT2D eigenvalue weighted by Gasteiger charge is -2.25. The molecule has 1 aromatic rings. The second-order valence-corrected chi connectivity index (χ2v) is 5.54. The number of nitrogens with one attached hydrogen (secondary N) is 1. The molecule has 0 aromatic carbocycles. The SMILES string of the molecule is CCCNc1nc(C)nc(SC2COC2)c1C. The Morgan fingerprint density at radius 2 is 2.12 bits per heavy atom. The van der Waals surface area contributed by atoms with Gasteiger partial charge < -0.3 is 10.1 Å². The van der Waals surface area contributed by atoms with Crippen molar-refractivity contribution in [1.82, 2.24) is 9.97 Å². The average molecular weight is 253 g/mol. The van der Waals surface area contributed by atoms with Crippen LogP contribution in [0.5, 0.6) is 0 Å². The van der Waals surface area contributed by atoms with Gasteiger partial charge in [-0.15, -0.1) is 0 Å². The Morgan fingerprint density at radius 3 is 2.71 bits per heavy atom. The molecule has 5 heteroatoms. The Morgan fingerprint density at radius 1 is 1.35 bits per heavy atom. The van der Waals surface area contributed by atoms with Crippen molar-refractivity contribution in [3.05, 3.63) is 11.4 Å². The molecule has 17 heavy (non-hydrogen) atoms. The third-order valence-corrected chi connectivity index (χ3v) is 3.87. The summed E-state index contributed by atoms with van der Waals surface area (Å²) in [7, 11) is 0. The van der Waals surface area contributed by atoms with Crippen molar-refractivity contribution in [3.63, 3.8) is 0 Å². The summed E-state index contributed by atoms with van der Waals surface area (Å²) in [5.41, 5.74) is 1.15. The van der Waals surface area contributed by atoms with Gasteiger partial charge in [-0.05, 0) is 20.3 Å². The smallest absolute Gasteiger partial charge is 0.133 e. The van der Waals surface area contributed by atoms with Crippen LogP contribution < -0.4 is 5.32 Å². The van der Waals surface area contributed by atoms with Crippen LogP contribution in [0.3, 0.4) is 0 Å². The fourth-order valence-corrected chi connectivity index (χ4v) is 2.68. The quantitative estimate of drug-likeness (QED) is 0.817. The highest BCUT2D eigenvalue weighted by molar-refractivity contribution is 8.00. The number of anilines is 1. The largest absolute Gasteiger partial charge is 0.379 e. The Bertz CT molecular complexity index is 394. The van der Waals surface area contributed by atoms with Gasteiger partial charge in [0.1, 0.15) is 16.7 Å². The topological polar surface area (TPSA) is 47.0 Å². The summed E-state index contributed by atoms with van der Waals surface area (Å²) in [6.45, 7) is 8.80. The van der Waals surface area contributed by atoms with Gasteiger partial charge in [0.2, 0.25) is 0 Å². The maximum absolute atomic E-state index is 5.19. The molecular formula is C12H19N3OS. The highest BCUT2D eigenvalue weighted by Gasteiger charge is 2.22. The zero-order chi connectivity index (χ0) is 12.3. The summed E-state index contributed by atoms with van der Waals surface area (Å²) >= 11 is 1.80. The molecule has 0 aliphatic carbocycles. The van der Waals surface area contributed by atoms with Crippen molar-refractivity contribution >= 4 is 17.6 Å². The van der Waals surface area contributed by atoms with E-state index in [1.165, 1.54) is 0 Å². The first-order valence-corrected chi connectivity index (χ1v) is 6.92. The molecule has 0 bridgehead atoms. The number of nitrogens with zero attached hydrogens (tertiary/aromatic N) is 2. The van der Waals surface area contributed by atoms with Gasteiger partial charge >= 0.3 is 0 Å². The number of aryl methyl sites for hydroxylation is 1. The van der Waals surface area contributed by atoms with Gasteiger partial charge in [0, 0.05) is 12.1 Å². The number of hydrogen-bond acceptors (Lipinski definition) is 5. The summed E-state index contributed by atoms with van der Waals surface area (Å²) < 4.78 is 5.19. The average Bonchev–Trinajstić information content (AvgIpc) is 2.25. The zero-order valence-electron chi connectivity index (χ0n) is 10.6. The van der Waals surface area contributed by atoms with Crippen LogP contribution in [-0.4, -0.2) is 35.0 Å². The number of thioether (sulfide) groups is 1. The molecule has 1 N–H and O–H groups in total. The summed E-state index contributed by atoms with van der Waals surface area (Å²) in [6, 6.07) is 0. The molecule has 1 aliphatic rings.